The lowest BCUT2D eigenvalue weighted by atomic mass is 9.98. The highest BCUT2D eigenvalue weighted by Crippen LogP contribution is 2.17. The van der Waals surface area contributed by atoms with E-state index in [1.807, 2.05) is 16.8 Å². The number of nitrogens with zero attached hydrogens (tertiary/aromatic N) is 2. The average molecular weight is 324 g/mol. The van der Waals surface area contributed by atoms with Crippen LogP contribution in [0.1, 0.15) is 18.4 Å². The minimum atomic E-state index is -0.862. The Labute approximate surface area is 133 Å². The summed E-state index contributed by atoms with van der Waals surface area (Å²) in [5.74, 6) is -1.66. The van der Waals surface area contributed by atoms with E-state index in [2.05, 4.69) is 0 Å². The number of hydrogen-bond donors (Lipinski definition) is 1. The molecule has 1 aliphatic rings. The molecule has 22 heavy (non-hydrogen) atoms. The molecule has 120 valence electrons. The fraction of sp³-hybridized carbons (Fsp3) is 0.533. The monoisotopic (exact) mass is 324 g/mol. The van der Waals surface area contributed by atoms with Crippen LogP contribution in [0, 0.1) is 5.92 Å². The maximum atomic E-state index is 12.2. The van der Waals surface area contributed by atoms with Crippen molar-refractivity contribution in [2.24, 2.45) is 5.92 Å². The van der Waals surface area contributed by atoms with Gasteiger partial charge in [0.1, 0.15) is 0 Å². The molecular weight excluding hydrogens is 304 g/mol. The molecule has 1 aliphatic heterocycles. The molecule has 0 spiro atoms. The number of aliphatic carboxylic acids is 1. The fourth-order valence-electron chi connectivity index (χ4n) is 2.50. The Kier molecular flexibility index (Phi) is 5.54. The van der Waals surface area contributed by atoms with Crippen molar-refractivity contribution in [2.45, 2.75) is 19.3 Å². The molecule has 7 heteroatoms. The van der Waals surface area contributed by atoms with Gasteiger partial charge in [0.15, 0.2) is 0 Å². The minimum Gasteiger partial charge on any atom is -0.481 e. The normalized spacial score (nSPS) is 18.0. The molecule has 1 aromatic heterocycles. The summed E-state index contributed by atoms with van der Waals surface area (Å²) in [6.45, 7) is 0.797. The van der Waals surface area contributed by atoms with Crippen LogP contribution in [0.5, 0.6) is 0 Å². The highest BCUT2D eigenvalue weighted by Gasteiger charge is 2.28. The minimum absolute atomic E-state index is 0.00465. The predicted molar refractivity (Wildman–Crippen MR) is 82.6 cm³/mol. The Hall–Kier alpha value is -1.89. The summed E-state index contributed by atoms with van der Waals surface area (Å²) in [6, 6.07) is 1.89. The topological polar surface area (TPSA) is 77.9 Å². The first-order chi connectivity index (χ1) is 10.5. The molecule has 0 bridgehead atoms. The molecule has 2 amide bonds. The van der Waals surface area contributed by atoms with Gasteiger partial charge in [-0.2, -0.15) is 11.3 Å². The van der Waals surface area contributed by atoms with Crippen LogP contribution in [0.15, 0.2) is 16.8 Å². The van der Waals surface area contributed by atoms with E-state index in [9.17, 15) is 14.4 Å². The number of thiophene rings is 1. The summed E-state index contributed by atoms with van der Waals surface area (Å²) in [4.78, 5) is 38.3. The van der Waals surface area contributed by atoms with Crippen LogP contribution in [-0.4, -0.2) is 59.4 Å². The van der Waals surface area contributed by atoms with E-state index in [1.54, 1.807) is 11.9 Å². The number of piperidine rings is 1. The number of likely N-dealkylation sites (tertiary alicyclic amines) is 1. The molecule has 1 N–H and O–H groups in total. The van der Waals surface area contributed by atoms with E-state index in [-0.39, 0.29) is 31.3 Å². The van der Waals surface area contributed by atoms with E-state index < -0.39 is 11.9 Å². The van der Waals surface area contributed by atoms with Crippen LogP contribution < -0.4 is 0 Å². The predicted octanol–water partition coefficient (Wildman–Crippen LogP) is 1.07. The number of carbonyl (C=O) groups excluding carboxylic acids is 2. The number of carbonyl (C=O) groups is 3. The molecule has 0 radical (unpaired) electrons. The van der Waals surface area contributed by atoms with Gasteiger partial charge in [0.25, 0.3) is 0 Å². The maximum Gasteiger partial charge on any atom is 0.308 e. The standard InChI is InChI=1S/C15H20N2O4S/c1-16(13(18)7-11-4-6-22-10-11)9-14(19)17-5-2-3-12(8-17)15(20)21/h4,6,10,12H,2-3,5,7-9H2,1H3,(H,20,21). The number of hydrogen-bond acceptors (Lipinski definition) is 4. The summed E-state index contributed by atoms with van der Waals surface area (Å²) >= 11 is 1.53. The van der Waals surface area contributed by atoms with E-state index >= 15 is 0 Å². The van der Waals surface area contributed by atoms with Gasteiger partial charge in [-0.3, -0.25) is 14.4 Å². The molecule has 2 rings (SSSR count). The second-order valence-corrected chi connectivity index (χ2v) is 6.36. The van der Waals surface area contributed by atoms with Crippen molar-refractivity contribution in [3.05, 3.63) is 22.4 Å². The molecule has 0 aliphatic carbocycles. The Bertz CT molecular complexity index is 544. The van der Waals surface area contributed by atoms with Crippen LogP contribution in [0.3, 0.4) is 0 Å². The van der Waals surface area contributed by atoms with Crippen LogP contribution in [0.2, 0.25) is 0 Å². The zero-order valence-corrected chi connectivity index (χ0v) is 13.3. The van der Waals surface area contributed by atoms with Gasteiger partial charge in [0.05, 0.1) is 18.9 Å². The number of rotatable bonds is 5. The van der Waals surface area contributed by atoms with Gasteiger partial charge in [-0.15, -0.1) is 0 Å². The maximum absolute atomic E-state index is 12.2. The van der Waals surface area contributed by atoms with Crippen LogP contribution in [0.4, 0.5) is 0 Å². The first-order valence-corrected chi connectivity index (χ1v) is 8.17. The highest BCUT2D eigenvalue weighted by atomic mass is 32.1. The first kappa shape index (κ1) is 16.5. The van der Waals surface area contributed by atoms with Crippen LogP contribution in [0.25, 0.3) is 0 Å². The quantitative estimate of drug-likeness (QED) is 0.879. The van der Waals surface area contributed by atoms with Gasteiger partial charge in [0.2, 0.25) is 11.8 Å². The molecule has 1 fully saturated rings. The van der Waals surface area contributed by atoms with Crippen molar-refractivity contribution in [1.29, 1.82) is 0 Å². The summed E-state index contributed by atoms with van der Waals surface area (Å²) in [5, 5.41) is 12.9. The van der Waals surface area contributed by atoms with E-state index in [0.29, 0.717) is 19.4 Å². The number of likely N-dealkylation sites (N-methyl/N-ethyl adjacent to an activating group) is 1. The third-order valence-corrected chi connectivity index (χ3v) is 4.59. The molecule has 6 nitrogen and oxygen atoms in total. The van der Waals surface area contributed by atoms with E-state index in [0.717, 1.165) is 5.56 Å². The van der Waals surface area contributed by atoms with Crippen LogP contribution in [-0.2, 0) is 20.8 Å². The zero-order chi connectivity index (χ0) is 16.1. The second kappa shape index (κ2) is 7.40. The fourth-order valence-corrected chi connectivity index (χ4v) is 3.17. The third-order valence-electron chi connectivity index (χ3n) is 3.86. The highest BCUT2D eigenvalue weighted by molar-refractivity contribution is 7.08. The molecule has 1 atom stereocenters. The van der Waals surface area contributed by atoms with Gasteiger partial charge in [-0.25, -0.2) is 0 Å². The molecule has 1 aromatic rings. The van der Waals surface area contributed by atoms with Gasteiger partial charge < -0.3 is 14.9 Å². The summed E-state index contributed by atoms with van der Waals surface area (Å²) in [6.07, 6.45) is 1.58. The lowest BCUT2D eigenvalue weighted by Crippen LogP contribution is -2.47. The summed E-state index contributed by atoms with van der Waals surface area (Å²) in [5.41, 5.74) is 0.943. The first-order valence-electron chi connectivity index (χ1n) is 7.23. The van der Waals surface area contributed by atoms with Crippen molar-refractivity contribution in [1.82, 2.24) is 9.80 Å². The SMILES string of the molecule is CN(CC(=O)N1CCCC(C(=O)O)C1)C(=O)Cc1ccsc1. The Morgan fingerprint density at radius 1 is 1.45 bits per heavy atom. The van der Waals surface area contributed by atoms with E-state index in [1.165, 1.54) is 16.2 Å². The number of carboxylic acids is 1. The van der Waals surface area contributed by atoms with Gasteiger partial charge in [-0.05, 0) is 35.2 Å². The lowest BCUT2D eigenvalue weighted by Gasteiger charge is -2.32. The van der Waals surface area contributed by atoms with Gasteiger partial charge in [0, 0.05) is 20.1 Å². The molecule has 1 saturated heterocycles. The molecule has 2 heterocycles. The molecule has 0 saturated carbocycles. The average Bonchev–Trinajstić information content (AvgIpc) is 3.00. The third kappa shape index (κ3) is 4.30. The van der Waals surface area contributed by atoms with Gasteiger partial charge in [-0.1, -0.05) is 0 Å². The molecule has 1 unspecified atom stereocenters. The Morgan fingerprint density at radius 3 is 2.86 bits per heavy atom. The van der Waals surface area contributed by atoms with Gasteiger partial charge >= 0.3 is 5.97 Å². The smallest absolute Gasteiger partial charge is 0.308 e. The van der Waals surface area contributed by atoms with Crippen molar-refractivity contribution >= 4 is 29.1 Å². The molecular formula is C15H20N2O4S. The van der Waals surface area contributed by atoms with Crippen LogP contribution >= 0.6 is 11.3 Å². The van der Waals surface area contributed by atoms with Crippen molar-refractivity contribution < 1.29 is 19.5 Å². The van der Waals surface area contributed by atoms with Crippen molar-refractivity contribution in [3.63, 3.8) is 0 Å². The number of carboxylic acid groups (broad SMARTS) is 1. The molecule has 0 aromatic carbocycles. The van der Waals surface area contributed by atoms with Crippen molar-refractivity contribution in [3.8, 4) is 0 Å². The van der Waals surface area contributed by atoms with E-state index in [4.69, 9.17) is 5.11 Å². The Morgan fingerprint density at radius 2 is 2.23 bits per heavy atom. The zero-order valence-electron chi connectivity index (χ0n) is 12.5. The Balaban J connectivity index is 1.85. The lowest BCUT2D eigenvalue weighted by molar-refractivity contribution is -0.147. The second-order valence-electron chi connectivity index (χ2n) is 5.58. The largest absolute Gasteiger partial charge is 0.481 e. The number of amides is 2. The van der Waals surface area contributed by atoms with Crippen molar-refractivity contribution in [2.75, 3.05) is 26.7 Å². The summed E-state index contributed by atoms with van der Waals surface area (Å²) < 4.78 is 0. The summed E-state index contributed by atoms with van der Waals surface area (Å²) in [7, 11) is 1.60.